The molecule has 2 N–H and O–H groups in total. The van der Waals surface area contributed by atoms with Gasteiger partial charge < -0.3 is 10.2 Å². The highest BCUT2D eigenvalue weighted by atomic mass is 16.4. The third kappa shape index (κ3) is 1.83. The summed E-state index contributed by atoms with van der Waals surface area (Å²) in [6.45, 7) is 3.48. The minimum absolute atomic E-state index is 0.284. The van der Waals surface area contributed by atoms with Crippen molar-refractivity contribution in [1.29, 1.82) is 0 Å². The molecule has 1 unspecified atom stereocenters. The van der Waals surface area contributed by atoms with Crippen LogP contribution in [-0.2, 0) is 14.4 Å². The quantitative estimate of drug-likeness (QED) is 0.635. The average molecular weight is 227 g/mol. The Morgan fingerprint density at radius 1 is 1.25 bits per heavy atom. The molecule has 6 nitrogen and oxygen atoms in total. The number of carboxylic acid groups (broad SMARTS) is 1. The van der Waals surface area contributed by atoms with Crippen molar-refractivity contribution in [2.24, 2.45) is 0 Å². The Kier molecular flexibility index (Phi) is 2.87. The number of carboxylic acids is 1. The van der Waals surface area contributed by atoms with E-state index in [4.69, 9.17) is 5.11 Å². The van der Waals surface area contributed by atoms with E-state index in [0.717, 1.165) is 11.8 Å². The van der Waals surface area contributed by atoms with E-state index in [1.54, 1.807) is 0 Å². The molecule has 1 aliphatic heterocycles. The van der Waals surface area contributed by atoms with Crippen molar-refractivity contribution in [3.63, 3.8) is 0 Å². The van der Waals surface area contributed by atoms with Crippen LogP contribution in [-0.4, -0.2) is 45.0 Å². The zero-order chi connectivity index (χ0) is 12.7. The van der Waals surface area contributed by atoms with E-state index >= 15 is 0 Å². The second-order valence-corrected chi connectivity index (χ2v) is 4.03. The third-order valence-corrected chi connectivity index (χ3v) is 2.62. The van der Waals surface area contributed by atoms with Crippen LogP contribution in [0.25, 0.3) is 0 Å². The Morgan fingerprint density at radius 2 is 1.62 bits per heavy atom. The number of carbonyl (C=O) groups excluding carboxylic acids is 2. The largest absolute Gasteiger partial charge is 0.479 e. The number of hydrogen-bond donors (Lipinski definition) is 2. The highest BCUT2D eigenvalue weighted by molar-refractivity contribution is 6.18. The summed E-state index contributed by atoms with van der Waals surface area (Å²) in [6, 6.07) is 0. The minimum Gasteiger partial charge on any atom is -0.479 e. The summed E-state index contributed by atoms with van der Waals surface area (Å²) in [5.74, 6) is -2.58. The van der Waals surface area contributed by atoms with Crippen molar-refractivity contribution in [2.45, 2.75) is 26.4 Å². The maximum absolute atomic E-state index is 11.6. The molecule has 1 atom stereocenters. The molecule has 0 saturated carbocycles. The number of nitrogens with zero attached hydrogens (tertiary/aromatic N) is 1. The van der Waals surface area contributed by atoms with E-state index in [9.17, 15) is 19.5 Å². The lowest BCUT2D eigenvalue weighted by Gasteiger charge is -2.24. The molecule has 16 heavy (non-hydrogen) atoms. The molecule has 2 amide bonds. The van der Waals surface area contributed by atoms with Gasteiger partial charge in [-0.05, 0) is 20.8 Å². The molecule has 0 saturated heterocycles. The number of carbonyl (C=O) groups is 3. The summed E-state index contributed by atoms with van der Waals surface area (Å²) < 4.78 is 0. The molecule has 0 aromatic carbocycles. The first-order valence-electron chi connectivity index (χ1n) is 4.68. The smallest absolute Gasteiger partial charge is 0.337 e. The molecular formula is C10H13NO5. The number of imide groups is 1. The summed E-state index contributed by atoms with van der Waals surface area (Å²) in [5, 5.41) is 18.2. The van der Waals surface area contributed by atoms with Crippen LogP contribution >= 0.6 is 0 Å². The second kappa shape index (κ2) is 3.71. The molecule has 0 aromatic heterocycles. The van der Waals surface area contributed by atoms with Gasteiger partial charge in [0.05, 0.1) is 6.54 Å². The lowest BCUT2D eigenvalue weighted by molar-refractivity contribution is -0.160. The Bertz CT molecular complexity index is 383. The van der Waals surface area contributed by atoms with Crippen molar-refractivity contribution >= 4 is 17.8 Å². The van der Waals surface area contributed by atoms with Crippen molar-refractivity contribution in [2.75, 3.05) is 6.54 Å². The molecule has 1 rings (SSSR count). The van der Waals surface area contributed by atoms with Gasteiger partial charge in [0.15, 0.2) is 5.60 Å². The highest BCUT2D eigenvalue weighted by Crippen LogP contribution is 2.21. The van der Waals surface area contributed by atoms with Gasteiger partial charge in [-0.1, -0.05) is 0 Å². The monoisotopic (exact) mass is 227 g/mol. The lowest BCUT2D eigenvalue weighted by Crippen LogP contribution is -2.49. The minimum atomic E-state index is -2.13. The van der Waals surface area contributed by atoms with Crippen LogP contribution in [0.15, 0.2) is 11.1 Å². The first-order valence-corrected chi connectivity index (χ1v) is 4.68. The van der Waals surface area contributed by atoms with Gasteiger partial charge in [0.2, 0.25) is 0 Å². The van der Waals surface area contributed by atoms with E-state index in [0.29, 0.717) is 0 Å². The number of rotatable bonds is 3. The summed E-state index contributed by atoms with van der Waals surface area (Å²) in [6.07, 6.45) is 0. The maximum atomic E-state index is 11.6. The number of β-amino-alcohol motifs (C(OH)–C–C–N with tert-alkyl or cyclic N) is 1. The Morgan fingerprint density at radius 3 is 1.94 bits per heavy atom. The second-order valence-electron chi connectivity index (χ2n) is 4.03. The number of aliphatic hydroxyl groups is 1. The zero-order valence-electron chi connectivity index (χ0n) is 9.27. The Balaban J connectivity index is 2.92. The van der Waals surface area contributed by atoms with Crippen LogP contribution in [0.1, 0.15) is 20.8 Å². The van der Waals surface area contributed by atoms with Crippen LogP contribution < -0.4 is 0 Å². The van der Waals surface area contributed by atoms with Crippen LogP contribution in [0.5, 0.6) is 0 Å². The fraction of sp³-hybridized carbons (Fsp3) is 0.500. The predicted octanol–water partition coefficient (Wildman–Crippen LogP) is -0.473. The molecular weight excluding hydrogens is 214 g/mol. The topological polar surface area (TPSA) is 94.9 Å². The summed E-state index contributed by atoms with van der Waals surface area (Å²) >= 11 is 0. The predicted molar refractivity (Wildman–Crippen MR) is 53.4 cm³/mol. The molecule has 0 spiro atoms. The molecule has 0 aromatic rings. The summed E-state index contributed by atoms with van der Waals surface area (Å²) in [5.41, 5.74) is -1.56. The summed E-state index contributed by atoms with van der Waals surface area (Å²) in [4.78, 5) is 34.6. The van der Waals surface area contributed by atoms with Gasteiger partial charge in [-0.25, -0.2) is 4.79 Å². The zero-order valence-corrected chi connectivity index (χ0v) is 9.27. The van der Waals surface area contributed by atoms with E-state index < -0.39 is 29.9 Å². The number of hydrogen-bond acceptors (Lipinski definition) is 4. The van der Waals surface area contributed by atoms with Gasteiger partial charge >= 0.3 is 5.97 Å². The van der Waals surface area contributed by atoms with Crippen molar-refractivity contribution in [3.8, 4) is 0 Å². The molecule has 0 bridgehead atoms. The molecule has 0 fully saturated rings. The van der Waals surface area contributed by atoms with Crippen LogP contribution in [0.4, 0.5) is 0 Å². The fourth-order valence-corrected chi connectivity index (χ4v) is 1.34. The van der Waals surface area contributed by atoms with Gasteiger partial charge in [-0.15, -0.1) is 0 Å². The standard InChI is InChI=1S/C10H13NO5/c1-5-6(2)8(13)11(7(5)12)4-10(3,16)9(14)15/h16H,4H2,1-3H3,(H,14,15). The molecule has 1 aliphatic rings. The first kappa shape index (κ1) is 12.4. The Labute approximate surface area is 92.2 Å². The van der Waals surface area contributed by atoms with Crippen molar-refractivity contribution < 1.29 is 24.6 Å². The number of amides is 2. The third-order valence-electron chi connectivity index (χ3n) is 2.62. The van der Waals surface area contributed by atoms with E-state index in [1.165, 1.54) is 13.8 Å². The Hall–Kier alpha value is -1.69. The molecule has 0 aliphatic carbocycles. The van der Waals surface area contributed by atoms with Gasteiger partial charge in [-0.2, -0.15) is 0 Å². The van der Waals surface area contributed by atoms with Crippen LogP contribution in [0.3, 0.4) is 0 Å². The van der Waals surface area contributed by atoms with Gasteiger partial charge in [0, 0.05) is 11.1 Å². The average Bonchev–Trinajstić information content (AvgIpc) is 2.35. The highest BCUT2D eigenvalue weighted by Gasteiger charge is 2.41. The van der Waals surface area contributed by atoms with Crippen molar-refractivity contribution in [3.05, 3.63) is 11.1 Å². The van der Waals surface area contributed by atoms with Gasteiger partial charge in [0.25, 0.3) is 11.8 Å². The normalized spacial score (nSPS) is 20.4. The van der Waals surface area contributed by atoms with E-state index in [1.807, 2.05) is 0 Å². The van der Waals surface area contributed by atoms with E-state index in [-0.39, 0.29) is 11.1 Å². The van der Waals surface area contributed by atoms with E-state index in [2.05, 4.69) is 0 Å². The van der Waals surface area contributed by atoms with Gasteiger partial charge in [0.1, 0.15) is 0 Å². The molecule has 1 heterocycles. The van der Waals surface area contributed by atoms with Crippen LogP contribution in [0.2, 0.25) is 0 Å². The fourth-order valence-electron chi connectivity index (χ4n) is 1.34. The molecule has 6 heteroatoms. The van der Waals surface area contributed by atoms with Crippen molar-refractivity contribution in [1.82, 2.24) is 4.90 Å². The number of aliphatic carboxylic acids is 1. The maximum Gasteiger partial charge on any atom is 0.337 e. The summed E-state index contributed by atoms with van der Waals surface area (Å²) in [7, 11) is 0. The molecule has 88 valence electrons. The first-order chi connectivity index (χ1) is 7.18. The SMILES string of the molecule is CC1=C(C)C(=O)N(CC(C)(O)C(=O)O)C1=O. The van der Waals surface area contributed by atoms with Gasteiger partial charge in [-0.3, -0.25) is 14.5 Å². The van der Waals surface area contributed by atoms with Crippen LogP contribution in [0, 0.1) is 0 Å². The molecule has 0 radical (unpaired) electrons. The lowest BCUT2D eigenvalue weighted by atomic mass is 10.1.